The second kappa shape index (κ2) is 6.13. The molecule has 0 aromatic heterocycles. The van der Waals surface area contributed by atoms with Gasteiger partial charge in [0.15, 0.2) is 11.5 Å². The molecule has 108 valence electrons. The average molecular weight is 299 g/mol. The summed E-state index contributed by atoms with van der Waals surface area (Å²) in [6.07, 6.45) is 4.09. The number of carboxylic acid groups (broad SMARTS) is 1. The van der Waals surface area contributed by atoms with Gasteiger partial charge < -0.3 is 14.6 Å². The number of Topliss-reactive ketones (excluding diaryl/α,β-unsaturated/α-hetero) is 1. The van der Waals surface area contributed by atoms with Crippen LogP contribution < -0.4 is 9.47 Å². The van der Waals surface area contributed by atoms with Crippen molar-refractivity contribution in [3.8, 4) is 11.5 Å². The van der Waals surface area contributed by atoms with Crippen LogP contribution in [0.15, 0.2) is 12.1 Å². The van der Waals surface area contributed by atoms with Crippen LogP contribution in [0.2, 0.25) is 5.02 Å². The third kappa shape index (κ3) is 3.04. The van der Waals surface area contributed by atoms with Gasteiger partial charge in [0.1, 0.15) is 0 Å². The van der Waals surface area contributed by atoms with Crippen LogP contribution >= 0.6 is 11.6 Å². The van der Waals surface area contributed by atoms with Crippen LogP contribution in [-0.4, -0.2) is 30.1 Å². The monoisotopic (exact) mass is 298 g/mol. The van der Waals surface area contributed by atoms with Crippen LogP contribution in [0.1, 0.15) is 36.0 Å². The van der Waals surface area contributed by atoms with Gasteiger partial charge in [0.2, 0.25) is 0 Å². The van der Waals surface area contributed by atoms with Crippen molar-refractivity contribution in [2.45, 2.75) is 31.8 Å². The molecular formula is C14H15ClO5. The zero-order valence-electron chi connectivity index (χ0n) is 11.0. The summed E-state index contributed by atoms with van der Waals surface area (Å²) < 4.78 is 11.0. The van der Waals surface area contributed by atoms with E-state index in [1.165, 1.54) is 19.2 Å². The number of methoxy groups -OCH3 is 1. The number of aliphatic carboxylic acids is 1. The topological polar surface area (TPSA) is 72.8 Å². The smallest absolute Gasteiger partial charge is 0.377 e. The second-order valence-corrected chi connectivity index (χ2v) is 5.06. The molecule has 6 heteroatoms. The van der Waals surface area contributed by atoms with E-state index in [2.05, 4.69) is 0 Å². The van der Waals surface area contributed by atoms with E-state index in [9.17, 15) is 9.59 Å². The van der Waals surface area contributed by atoms with Crippen molar-refractivity contribution in [1.82, 2.24) is 0 Å². The van der Waals surface area contributed by atoms with Crippen molar-refractivity contribution in [3.05, 3.63) is 22.7 Å². The molecule has 0 saturated heterocycles. The lowest BCUT2D eigenvalue weighted by atomic mass is 10.1. The molecule has 1 aliphatic rings. The molecule has 2 rings (SSSR count). The van der Waals surface area contributed by atoms with E-state index >= 15 is 0 Å². The fraction of sp³-hybridized carbons (Fsp3) is 0.429. The number of ether oxygens (including phenoxy) is 2. The second-order valence-electron chi connectivity index (χ2n) is 4.65. The van der Waals surface area contributed by atoms with E-state index in [4.69, 9.17) is 26.2 Å². The lowest BCUT2D eigenvalue weighted by molar-refractivity contribution is -0.131. The van der Waals surface area contributed by atoms with Crippen LogP contribution in [0.25, 0.3) is 0 Å². The van der Waals surface area contributed by atoms with Gasteiger partial charge in [-0.3, -0.25) is 4.79 Å². The molecule has 1 aromatic carbocycles. The molecule has 5 nitrogen and oxygen atoms in total. The SMILES string of the molecule is COc1c(Cl)cc(C(=O)C(=O)O)cc1OC1CCCC1. The fourth-order valence-electron chi connectivity index (χ4n) is 2.29. The van der Waals surface area contributed by atoms with Gasteiger partial charge in [-0.1, -0.05) is 11.6 Å². The first-order valence-corrected chi connectivity index (χ1v) is 6.72. The summed E-state index contributed by atoms with van der Waals surface area (Å²) in [7, 11) is 1.45. The highest BCUT2D eigenvalue weighted by molar-refractivity contribution is 6.41. The minimum atomic E-state index is -1.53. The lowest BCUT2D eigenvalue weighted by Gasteiger charge is -2.17. The van der Waals surface area contributed by atoms with Gasteiger partial charge in [-0.05, 0) is 37.8 Å². The zero-order chi connectivity index (χ0) is 14.7. The molecule has 0 unspecified atom stereocenters. The molecule has 1 aliphatic carbocycles. The van der Waals surface area contributed by atoms with E-state index in [0.29, 0.717) is 11.5 Å². The lowest BCUT2D eigenvalue weighted by Crippen LogP contribution is -2.15. The largest absolute Gasteiger partial charge is 0.491 e. The van der Waals surface area contributed by atoms with Crippen LogP contribution in [-0.2, 0) is 4.79 Å². The number of carboxylic acids is 1. The van der Waals surface area contributed by atoms with Crippen molar-refractivity contribution in [2.24, 2.45) is 0 Å². The van der Waals surface area contributed by atoms with E-state index in [1.807, 2.05) is 0 Å². The fourth-order valence-corrected chi connectivity index (χ4v) is 2.58. The number of carbonyl (C=O) groups excluding carboxylic acids is 1. The molecule has 0 bridgehead atoms. The van der Waals surface area contributed by atoms with Crippen LogP contribution in [0.3, 0.4) is 0 Å². The van der Waals surface area contributed by atoms with Crippen molar-refractivity contribution in [2.75, 3.05) is 7.11 Å². The van der Waals surface area contributed by atoms with Gasteiger partial charge in [-0.15, -0.1) is 0 Å². The Morgan fingerprint density at radius 3 is 2.50 bits per heavy atom. The normalized spacial score (nSPS) is 15.1. The highest BCUT2D eigenvalue weighted by Crippen LogP contribution is 2.38. The maximum absolute atomic E-state index is 11.5. The Morgan fingerprint density at radius 2 is 1.95 bits per heavy atom. The molecule has 0 heterocycles. The Balaban J connectivity index is 2.35. The van der Waals surface area contributed by atoms with Gasteiger partial charge in [-0.2, -0.15) is 0 Å². The van der Waals surface area contributed by atoms with Gasteiger partial charge in [-0.25, -0.2) is 4.79 Å². The molecule has 0 amide bonds. The van der Waals surface area contributed by atoms with Crippen LogP contribution in [0.4, 0.5) is 0 Å². The maximum atomic E-state index is 11.5. The van der Waals surface area contributed by atoms with Gasteiger partial charge in [0, 0.05) is 5.56 Å². The molecule has 1 saturated carbocycles. The standard InChI is InChI=1S/C14H15ClO5/c1-19-13-10(15)6-8(12(16)14(17)18)7-11(13)20-9-4-2-3-5-9/h6-7,9H,2-5H2,1H3,(H,17,18). The van der Waals surface area contributed by atoms with Gasteiger partial charge >= 0.3 is 5.97 Å². The van der Waals surface area contributed by atoms with E-state index in [-0.39, 0.29) is 16.7 Å². The number of hydrogen-bond donors (Lipinski definition) is 1. The van der Waals surface area contributed by atoms with Crippen LogP contribution in [0.5, 0.6) is 11.5 Å². The summed E-state index contributed by atoms with van der Waals surface area (Å²) >= 11 is 6.02. The third-order valence-corrected chi connectivity index (χ3v) is 3.55. The first-order valence-electron chi connectivity index (χ1n) is 6.34. The summed E-state index contributed by atoms with van der Waals surface area (Å²) in [5.41, 5.74) is -0.0173. The van der Waals surface area contributed by atoms with Crippen molar-refractivity contribution >= 4 is 23.4 Å². The first kappa shape index (κ1) is 14.7. The molecule has 0 spiro atoms. The maximum Gasteiger partial charge on any atom is 0.377 e. The van der Waals surface area contributed by atoms with E-state index < -0.39 is 11.8 Å². The zero-order valence-corrected chi connectivity index (χ0v) is 11.8. The number of hydrogen-bond acceptors (Lipinski definition) is 4. The number of benzene rings is 1. The molecular weight excluding hydrogens is 284 g/mol. The van der Waals surface area contributed by atoms with Crippen molar-refractivity contribution in [3.63, 3.8) is 0 Å². The third-order valence-electron chi connectivity index (χ3n) is 3.27. The quantitative estimate of drug-likeness (QED) is 0.668. The summed E-state index contributed by atoms with van der Waals surface area (Å²) in [6, 6.07) is 2.65. The van der Waals surface area contributed by atoms with Crippen molar-refractivity contribution in [1.29, 1.82) is 0 Å². The molecule has 0 aliphatic heterocycles. The highest BCUT2D eigenvalue weighted by Gasteiger charge is 2.23. The minimum absolute atomic E-state index is 0.0173. The summed E-state index contributed by atoms with van der Waals surface area (Å²) in [5.74, 6) is -1.92. The number of rotatable bonds is 5. The Kier molecular flexibility index (Phi) is 4.49. The Bertz CT molecular complexity index is 535. The highest BCUT2D eigenvalue weighted by atomic mass is 35.5. The first-order chi connectivity index (χ1) is 9.52. The number of carbonyl (C=O) groups is 2. The number of ketones is 1. The summed E-state index contributed by atoms with van der Waals surface area (Å²) in [4.78, 5) is 22.3. The molecule has 0 atom stereocenters. The van der Waals surface area contributed by atoms with Crippen molar-refractivity contribution < 1.29 is 24.2 Å². The Hall–Kier alpha value is -1.75. The van der Waals surface area contributed by atoms with Crippen LogP contribution in [0, 0.1) is 0 Å². The molecule has 1 N–H and O–H groups in total. The molecule has 20 heavy (non-hydrogen) atoms. The molecule has 1 aromatic rings. The van der Waals surface area contributed by atoms with E-state index in [0.717, 1.165) is 25.7 Å². The van der Waals surface area contributed by atoms with E-state index in [1.54, 1.807) is 0 Å². The predicted octanol–water partition coefficient (Wildman–Crippen LogP) is 2.94. The molecule has 0 radical (unpaired) electrons. The molecule has 1 fully saturated rings. The Morgan fingerprint density at radius 1 is 1.30 bits per heavy atom. The van der Waals surface area contributed by atoms with Gasteiger partial charge in [0.05, 0.1) is 18.2 Å². The average Bonchev–Trinajstić information content (AvgIpc) is 2.90. The Labute approximate surface area is 121 Å². The predicted molar refractivity (Wildman–Crippen MR) is 72.9 cm³/mol. The minimum Gasteiger partial charge on any atom is -0.491 e. The summed E-state index contributed by atoms with van der Waals surface area (Å²) in [6.45, 7) is 0. The summed E-state index contributed by atoms with van der Waals surface area (Å²) in [5, 5.41) is 8.92. The van der Waals surface area contributed by atoms with Gasteiger partial charge in [0.25, 0.3) is 5.78 Å². The number of halogens is 1.